The van der Waals surface area contributed by atoms with Crippen LogP contribution in [0.4, 0.5) is 34.1 Å². The lowest BCUT2D eigenvalue weighted by atomic mass is 9.86. The van der Waals surface area contributed by atoms with Gasteiger partial charge in [0.05, 0.1) is 22.4 Å². The van der Waals surface area contributed by atoms with Crippen LogP contribution in [0.15, 0.2) is 425 Å². The summed E-state index contributed by atoms with van der Waals surface area (Å²) in [4.78, 5) is 4.83. The standard InChI is InChI=1S/C102H70N4/c1-9-29-71(30-10-1)73-49-57-83(58-50-73)103(87-65-67-93-95(69-87)105(81-41-21-7-22-42-81)101(79-37-17-5-18-38-79)99(93)75-33-13-3-14-34-75)85-61-53-77(54-62-85)97-89-45-25-27-47-91(89)98(92-48-28-26-46-90(92)97)78-55-63-86(64-56-78)104(84-59-51-74(52-60-84)72-31-11-2-12-32-72)88-66-68-94-96(70-88)106(82-43-23-8-24-44-82)102(80-39-19-6-20-40-80)100(94)76-35-15-4-16-36-76/h1-70H. The number of hydrogen-bond donors (Lipinski definition) is 0. The van der Waals surface area contributed by atoms with Gasteiger partial charge in [0.2, 0.25) is 0 Å². The molecule has 17 aromatic carbocycles. The highest BCUT2D eigenvalue weighted by atomic mass is 15.2. The van der Waals surface area contributed by atoms with Crippen molar-refractivity contribution in [3.05, 3.63) is 425 Å². The molecule has 0 aliphatic rings. The van der Waals surface area contributed by atoms with Crippen LogP contribution in [0.25, 0.3) is 144 Å². The third-order valence-corrected chi connectivity index (χ3v) is 20.9. The average Bonchev–Trinajstić information content (AvgIpc) is 1.49. The van der Waals surface area contributed by atoms with E-state index in [2.05, 4.69) is 444 Å². The predicted molar refractivity (Wildman–Crippen MR) is 448 cm³/mol. The van der Waals surface area contributed by atoms with Gasteiger partial charge in [0, 0.05) is 67.4 Å². The summed E-state index contributed by atoms with van der Waals surface area (Å²) in [6, 6.07) is 155. The van der Waals surface area contributed by atoms with Gasteiger partial charge in [-0.05, 0) is 185 Å². The molecule has 0 fully saturated rings. The molecule has 0 atom stereocenters. The fourth-order valence-corrected chi connectivity index (χ4v) is 16.1. The summed E-state index contributed by atoms with van der Waals surface area (Å²) in [5.41, 5.74) is 29.5. The van der Waals surface area contributed by atoms with Crippen molar-refractivity contribution in [2.45, 2.75) is 0 Å². The molecule has 0 aliphatic heterocycles. The molecule has 19 rings (SSSR count). The Morgan fingerprint density at radius 1 is 0.151 bits per heavy atom. The SMILES string of the molecule is c1ccc(-c2ccc(N(c3ccc(-c4c5ccccc5c(-c5ccc(N(c6ccc(-c7ccccc7)cc6)c6ccc7c(-c8ccccc8)c(-c8ccccc8)n(-c8ccccc8)c7c6)cc5)c5ccccc45)cc3)c3ccc4c(-c5ccccc5)c(-c5ccccc5)n(-c5ccccc5)c4c3)cc2)cc1. The molecule has 2 heterocycles. The highest BCUT2D eigenvalue weighted by molar-refractivity contribution is 6.22. The van der Waals surface area contributed by atoms with E-state index in [1.165, 1.54) is 76.8 Å². The van der Waals surface area contributed by atoms with Gasteiger partial charge in [0.1, 0.15) is 0 Å². The topological polar surface area (TPSA) is 16.3 Å². The van der Waals surface area contributed by atoms with Crippen LogP contribution in [0.2, 0.25) is 0 Å². The van der Waals surface area contributed by atoms with E-state index in [9.17, 15) is 0 Å². The van der Waals surface area contributed by atoms with Crippen molar-refractivity contribution >= 4 is 77.5 Å². The lowest BCUT2D eigenvalue weighted by Crippen LogP contribution is -2.10. The molecular formula is C102H70N4. The van der Waals surface area contributed by atoms with Crippen LogP contribution in [0.3, 0.4) is 0 Å². The minimum Gasteiger partial charge on any atom is -0.310 e. The quantitative estimate of drug-likeness (QED) is 0.0897. The average molecular weight is 1350 g/mol. The second-order valence-electron chi connectivity index (χ2n) is 27.1. The Balaban J connectivity index is 0.741. The minimum atomic E-state index is 1.05. The molecule has 0 saturated carbocycles. The highest BCUT2D eigenvalue weighted by Crippen LogP contribution is 2.51. The van der Waals surface area contributed by atoms with E-state index in [0.29, 0.717) is 0 Å². The van der Waals surface area contributed by atoms with E-state index in [0.717, 1.165) is 101 Å². The zero-order chi connectivity index (χ0) is 70.3. The zero-order valence-electron chi connectivity index (χ0n) is 58.2. The number of aromatic nitrogens is 2. The second-order valence-corrected chi connectivity index (χ2v) is 27.1. The molecule has 0 unspecified atom stereocenters. The van der Waals surface area contributed by atoms with Gasteiger partial charge in [-0.15, -0.1) is 0 Å². The van der Waals surface area contributed by atoms with E-state index in [4.69, 9.17) is 0 Å². The number of para-hydroxylation sites is 2. The van der Waals surface area contributed by atoms with Crippen LogP contribution >= 0.6 is 0 Å². The van der Waals surface area contributed by atoms with Crippen molar-refractivity contribution in [3.63, 3.8) is 0 Å². The Bertz CT molecular complexity index is 5890. The number of nitrogens with zero attached hydrogens (tertiary/aromatic N) is 4. The summed E-state index contributed by atoms with van der Waals surface area (Å²) in [7, 11) is 0. The molecule has 0 aliphatic carbocycles. The minimum absolute atomic E-state index is 1.05. The third-order valence-electron chi connectivity index (χ3n) is 20.9. The predicted octanol–water partition coefficient (Wildman–Crippen LogP) is 28.2. The van der Waals surface area contributed by atoms with E-state index >= 15 is 0 Å². The molecular weight excluding hydrogens is 1280 g/mol. The number of benzene rings is 17. The maximum Gasteiger partial charge on any atom is 0.0619 e. The van der Waals surface area contributed by atoms with Crippen LogP contribution in [0.1, 0.15) is 0 Å². The third kappa shape index (κ3) is 11.4. The summed E-state index contributed by atoms with van der Waals surface area (Å²) >= 11 is 0. The summed E-state index contributed by atoms with van der Waals surface area (Å²) in [5.74, 6) is 0. The van der Waals surface area contributed by atoms with Gasteiger partial charge in [0.15, 0.2) is 0 Å². The van der Waals surface area contributed by atoms with Crippen LogP contribution in [0, 0.1) is 0 Å². The monoisotopic (exact) mass is 1350 g/mol. The first-order valence-corrected chi connectivity index (χ1v) is 36.4. The van der Waals surface area contributed by atoms with Gasteiger partial charge in [-0.3, -0.25) is 0 Å². The van der Waals surface area contributed by atoms with Gasteiger partial charge in [-0.1, -0.05) is 328 Å². The molecule has 0 radical (unpaired) electrons. The number of rotatable bonds is 16. The molecule has 2 aromatic heterocycles. The van der Waals surface area contributed by atoms with Crippen LogP contribution in [-0.2, 0) is 0 Å². The van der Waals surface area contributed by atoms with Crippen molar-refractivity contribution in [2.24, 2.45) is 0 Å². The van der Waals surface area contributed by atoms with E-state index in [1.807, 2.05) is 0 Å². The molecule has 106 heavy (non-hydrogen) atoms. The number of anilines is 6. The van der Waals surface area contributed by atoms with Gasteiger partial charge >= 0.3 is 0 Å². The van der Waals surface area contributed by atoms with Crippen LogP contribution < -0.4 is 9.80 Å². The summed E-state index contributed by atoms with van der Waals surface area (Å²) in [5, 5.41) is 7.12. The van der Waals surface area contributed by atoms with E-state index in [1.54, 1.807) is 0 Å². The molecule has 0 amide bonds. The first kappa shape index (κ1) is 62.9. The van der Waals surface area contributed by atoms with E-state index < -0.39 is 0 Å². The summed E-state index contributed by atoms with van der Waals surface area (Å²) < 4.78 is 4.92. The molecule has 0 N–H and O–H groups in total. The van der Waals surface area contributed by atoms with Gasteiger partial charge in [-0.2, -0.15) is 0 Å². The van der Waals surface area contributed by atoms with Crippen molar-refractivity contribution in [1.29, 1.82) is 0 Å². The van der Waals surface area contributed by atoms with Gasteiger partial charge in [0.25, 0.3) is 0 Å². The lowest BCUT2D eigenvalue weighted by molar-refractivity contribution is 1.13. The molecule has 0 bridgehead atoms. The van der Waals surface area contributed by atoms with Gasteiger partial charge in [-0.25, -0.2) is 0 Å². The first-order chi connectivity index (χ1) is 52.6. The molecule has 0 spiro atoms. The zero-order valence-corrected chi connectivity index (χ0v) is 58.2. The van der Waals surface area contributed by atoms with E-state index in [-0.39, 0.29) is 0 Å². The fraction of sp³-hybridized carbons (Fsp3) is 0. The smallest absolute Gasteiger partial charge is 0.0619 e. The molecule has 19 aromatic rings. The maximum atomic E-state index is 2.46. The number of hydrogen-bond acceptors (Lipinski definition) is 2. The Hall–Kier alpha value is -14.1. The summed E-state index contributed by atoms with van der Waals surface area (Å²) in [6.07, 6.45) is 0. The van der Waals surface area contributed by atoms with Crippen molar-refractivity contribution in [2.75, 3.05) is 9.80 Å². The second kappa shape index (κ2) is 27.4. The number of fused-ring (bicyclic) bond motifs is 4. The largest absolute Gasteiger partial charge is 0.310 e. The Kier molecular flexibility index (Phi) is 16.2. The van der Waals surface area contributed by atoms with Crippen LogP contribution in [-0.4, -0.2) is 9.13 Å². The lowest BCUT2D eigenvalue weighted by Gasteiger charge is -2.27. The van der Waals surface area contributed by atoms with Gasteiger partial charge < -0.3 is 18.9 Å². The maximum absolute atomic E-state index is 2.46. The van der Waals surface area contributed by atoms with Crippen LogP contribution in [0.5, 0.6) is 0 Å². The van der Waals surface area contributed by atoms with Crippen molar-refractivity contribution in [1.82, 2.24) is 9.13 Å². The summed E-state index contributed by atoms with van der Waals surface area (Å²) in [6.45, 7) is 0. The Morgan fingerprint density at radius 2 is 0.368 bits per heavy atom. The molecule has 4 nitrogen and oxygen atoms in total. The highest BCUT2D eigenvalue weighted by Gasteiger charge is 2.27. The molecule has 498 valence electrons. The molecule has 4 heteroatoms. The fourth-order valence-electron chi connectivity index (χ4n) is 16.1. The molecule has 0 saturated heterocycles. The Labute approximate surface area is 617 Å². The Morgan fingerprint density at radius 3 is 0.660 bits per heavy atom. The first-order valence-electron chi connectivity index (χ1n) is 36.4. The normalized spacial score (nSPS) is 11.4. The van der Waals surface area contributed by atoms with Crippen molar-refractivity contribution in [3.8, 4) is 101 Å². The van der Waals surface area contributed by atoms with Crippen molar-refractivity contribution < 1.29 is 0 Å².